The predicted molar refractivity (Wildman–Crippen MR) is 86.0 cm³/mol. The molecule has 3 rings (SSSR count). The van der Waals surface area contributed by atoms with Crippen molar-refractivity contribution in [1.29, 1.82) is 0 Å². The molecule has 0 fully saturated rings. The van der Waals surface area contributed by atoms with Gasteiger partial charge in [0.1, 0.15) is 11.6 Å². The molecule has 0 aliphatic heterocycles. The van der Waals surface area contributed by atoms with Gasteiger partial charge in [0.2, 0.25) is 5.95 Å². The monoisotopic (exact) mass is 314 g/mol. The Hall–Kier alpha value is -3.03. The second kappa shape index (κ2) is 5.31. The van der Waals surface area contributed by atoms with Crippen molar-refractivity contribution in [3.05, 3.63) is 35.3 Å². The minimum absolute atomic E-state index is 0.119. The van der Waals surface area contributed by atoms with Crippen LogP contribution in [0.25, 0.3) is 10.9 Å². The predicted octanol–water partition coefficient (Wildman–Crippen LogP) is 1.38. The number of aromatic hydroxyl groups is 1. The summed E-state index contributed by atoms with van der Waals surface area (Å²) in [6.07, 6.45) is 0. The molecule has 0 saturated heterocycles. The zero-order valence-corrected chi connectivity index (χ0v) is 13.1. The average molecular weight is 314 g/mol. The van der Waals surface area contributed by atoms with Crippen molar-refractivity contribution in [3.8, 4) is 5.75 Å². The maximum Gasteiger partial charge on any atom is 0.254 e. The second-order valence-corrected chi connectivity index (χ2v) is 5.49. The van der Waals surface area contributed by atoms with Gasteiger partial charge in [-0.15, -0.1) is 5.10 Å². The van der Waals surface area contributed by atoms with E-state index < -0.39 is 0 Å². The molecule has 1 amide bonds. The maximum atomic E-state index is 12.7. The van der Waals surface area contributed by atoms with E-state index in [4.69, 9.17) is 5.73 Å². The molecule has 0 radical (unpaired) electrons. The largest absolute Gasteiger partial charge is 0.508 e. The summed E-state index contributed by atoms with van der Waals surface area (Å²) in [5.41, 5.74) is 7.69. The highest BCUT2D eigenvalue weighted by atomic mass is 16.3. The fraction of sp³-hybridized carbons (Fsp3) is 0.267. The van der Waals surface area contributed by atoms with E-state index >= 15 is 0 Å². The van der Waals surface area contributed by atoms with Crippen molar-refractivity contribution in [2.75, 3.05) is 5.73 Å². The van der Waals surface area contributed by atoms with Gasteiger partial charge in [0.05, 0.1) is 11.6 Å². The molecule has 2 heterocycles. The van der Waals surface area contributed by atoms with E-state index in [1.807, 2.05) is 18.5 Å². The van der Waals surface area contributed by atoms with E-state index in [0.29, 0.717) is 16.8 Å². The first kappa shape index (κ1) is 14.9. The third-order valence-corrected chi connectivity index (χ3v) is 3.98. The Labute approximate surface area is 132 Å². The number of nitrogens with zero attached hydrogens (tertiary/aromatic N) is 3. The van der Waals surface area contributed by atoms with E-state index in [0.717, 1.165) is 11.2 Å². The molecule has 0 aliphatic carbocycles. The normalized spacial score (nSPS) is 12.5. The van der Waals surface area contributed by atoms with Crippen molar-refractivity contribution >= 4 is 22.8 Å². The first-order valence-corrected chi connectivity index (χ1v) is 7.15. The highest BCUT2D eigenvalue weighted by Crippen LogP contribution is 2.28. The Morgan fingerprint density at radius 1 is 1.48 bits per heavy atom. The van der Waals surface area contributed by atoms with Gasteiger partial charge in [0.25, 0.3) is 5.91 Å². The third kappa shape index (κ3) is 2.48. The number of amides is 1. The smallest absolute Gasteiger partial charge is 0.254 e. The summed E-state index contributed by atoms with van der Waals surface area (Å²) in [6, 6.07) is 4.60. The number of nitrogens with one attached hydrogen (secondary N) is 2. The first-order chi connectivity index (χ1) is 10.9. The van der Waals surface area contributed by atoms with Crippen LogP contribution in [0.3, 0.4) is 0 Å². The summed E-state index contributed by atoms with van der Waals surface area (Å²) in [4.78, 5) is 16.7. The van der Waals surface area contributed by atoms with Crippen LogP contribution in [0.1, 0.15) is 34.8 Å². The van der Waals surface area contributed by atoms with Crippen molar-refractivity contribution < 1.29 is 9.90 Å². The third-order valence-electron chi connectivity index (χ3n) is 3.98. The number of nitrogens with two attached hydrogens (primary N) is 1. The van der Waals surface area contributed by atoms with E-state index in [2.05, 4.69) is 20.5 Å². The number of H-pyrrole nitrogens is 1. The van der Waals surface area contributed by atoms with Gasteiger partial charge in [-0.25, -0.2) is 0 Å². The van der Waals surface area contributed by atoms with Crippen LogP contribution in [0.5, 0.6) is 5.75 Å². The van der Waals surface area contributed by atoms with E-state index in [-0.39, 0.29) is 23.6 Å². The Bertz CT molecular complexity index is 895. The number of hydrogen-bond donors (Lipinski definition) is 4. The number of aromatic amines is 1. The summed E-state index contributed by atoms with van der Waals surface area (Å²) >= 11 is 0. The number of phenols is 1. The van der Waals surface area contributed by atoms with Crippen molar-refractivity contribution in [1.82, 2.24) is 25.1 Å². The zero-order valence-electron chi connectivity index (χ0n) is 13.1. The lowest BCUT2D eigenvalue weighted by molar-refractivity contribution is 0.0939. The topological polar surface area (TPSA) is 122 Å². The zero-order chi connectivity index (χ0) is 16.7. The molecule has 2 aromatic heterocycles. The second-order valence-electron chi connectivity index (χ2n) is 5.49. The van der Waals surface area contributed by atoms with Crippen LogP contribution in [0.4, 0.5) is 5.95 Å². The molecular formula is C15H18N6O2. The molecule has 0 unspecified atom stereocenters. The minimum atomic E-state index is -0.376. The number of carbonyl (C=O) groups is 1. The average Bonchev–Trinajstić information content (AvgIpc) is 3.02. The summed E-state index contributed by atoms with van der Waals surface area (Å²) in [7, 11) is 1.88. The molecule has 8 nitrogen and oxygen atoms in total. The molecule has 23 heavy (non-hydrogen) atoms. The van der Waals surface area contributed by atoms with Gasteiger partial charge < -0.3 is 20.7 Å². The quantitative estimate of drug-likeness (QED) is 0.582. The van der Waals surface area contributed by atoms with E-state index in [1.165, 1.54) is 0 Å². The van der Waals surface area contributed by atoms with Crippen LogP contribution in [0.2, 0.25) is 0 Å². The van der Waals surface area contributed by atoms with Gasteiger partial charge in [0, 0.05) is 23.6 Å². The number of rotatable bonds is 3. The molecule has 5 N–H and O–H groups in total. The van der Waals surface area contributed by atoms with Gasteiger partial charge >= 0.3 is 0 Å². The highest BCUT2D eigenvalue weighted by molar-refractivity contribution is 6.08. The van der Waals surface area contributed by atoms with Gasteiger partial charge in [0.15, 0.2) is 0 Å². The number of hydrogen-bond acceptors (Lipinski definition) is 5. The number of fused-ring (bicyclic) bond motifs is 1. The summed E-state index contributed by atoms with van der Waals surface area (Å²) in [5.74, 6) is 0.485. The lowest BCUT2D eigenvalue weighted by Crippen LogP contribution is -2.28. The van der Waals surface area contributed by atoms with Gasteiger partial charge in [-0.05, 0) is 32.0 Å². The number of nitrogen functional groups attached to an aromatic ring is 1. The molecule has 0 saturated carbocycles. The fourth-order valence-corrected chi connectivity index (χ4v) is 2.67. The Kier molecular flexibility index (Phi) is 3.44. The molecule has 8 heteroatoms. The SMILES string of the molecule is Cc1c(C(=O)N[C@@H](C)c2nc(N)n[nH]2)c2cc(O)ccc2n1C. The Balaban J connectivity index is 1.98. The minimum Gasteiger partial charge on any atom is -0.508 e. The van der Waals surface area contributed by atoms with Crippen LogP contribution >= 0.6 is 0 Å². The lowest BCUT2D eigenvalue weighted by Gasteiger charge is -2.11. The van der Waals surface area contributed by atoms with Crippen LogP contribution in [-0.2, 0) is 7.05 Å². The lowest BCUT2D eigenvalue weighted by atomic mass is 10.1. The number of aromatic nitrogens is 4. The fourth-order valence-electron chi connectivity index (χ4n) is 2.67. The summed E-state index contributed by atoms with van der Waals surface area (Å²) < 4.78 is 1.92. The van der Waals surface area contributed by atoms with Crippen molar-refractivity contribution in [3.63, 3.8) is 0 Å². The molecule has 0 spiro atoms. The molecule has 120 valence electrons. The molecule has 0 bridgehead atoms. The Morgan fingerprint density at radius 3 is 2.87 bits per heavy atom. The molecule has 1 aromatic carbocycles. The molecule has 1 atom stereocenters. The van der Waals surface area contributed by atoms with Crippen molar-refractivity contribution in [2.24, 2.45) is 7.05 Å². The summed E-state index contributed by atoms with van der Waals surface area (Å²) in [6.45, 7) is 3.65. The standard InChI is InChI=1S/C15H18N6O2/c1-7(13-18-15(16)20-19-13)17-14(23)12-8(2)21(3)11-5-4-9(22)6-10(11)12/h4-7,22H,1-3H3,(H,17,23)(H3,16,18,19,20)/t7-/m0/s1. The number of phenolic OH excluding ortho intramolecular Hbond substituents is 1. The van der Waals surface area contributed by atoms with Crippen LogP contribution in [0, 0.1) is 6.92 Å². The van der Waals surface area contributed by atoms with Crippen molar-refractivity contribution in [2.45, 2.75) is 19.9 Å². The highest BCUT2D eigenvalue weighted by Gasteiger charge is 2.21. The molecule has 0 aliphatic rings. The van der Waals surface area contributed by atoms with E-state index in [9.17, 15) is 9.90 Å². The number of anilines is 1. The summed E-state index contributed by atoms with van der Waals surface area (Å²) in [5, 5.41) is 19.7. The molecular weight excluding hydrogens is 296 g/mol. The van der Waals surface area contributed by atoms with Crippen LogP contribution in [-0.4, -0.2) is 30.8 Å². The van der Waals surface area contributed by atoms with E-state index in [1.54, 1.807) is 25.1 Å². The first-order valence-electron chi connectivity index (χ1n) is 7.15. The Morgan fingerprint density at radius 2 is 2.22 bits per heavy atom. The number of aryl methyl sites for hydroxylation is 1. The number of carbonyl (C=O) groups excluding carboxylic acids is 1. The molecule has 3 aromatic rings. The van der Waals surface area contributed by atoms with Gasteiger partial charge in [-0.3, -0.25) is 9.89 Å². The van der Waals surface area contributed by atoms with Gasteiger partial charge in [-0.1, -0.05) is 0 Å². The van der Waals surface area contributed by atoms with Gasteiger partial charge in [-0.2, -0.15) is 4.98 Å². The van der Waals surface area contributed by atoms with Crippen LogP contribution in [0.15, 0.2) is 18.2 Å². The maximum absolute atomic E-state index is 12.7. The van der Waals surface area contributed by atoms with Crippen LogP contribution < -0.4 is 11.1 Å². The number of benzene rings is 1.